The normalized spacial score (nSPS) is 17.8. The van der Waals surface area contributed by atoms with Crippen LogP contribution in [0.1, 0.15) is 18.5 Å². The van der Waals surface area contributed by atoms with E-state index in [1.54, 1.807) is 0 Å². The molecule has 1 unspecified atom stereocenters. The first-order chi connectivity index (χ1) is 11.1. The highest BCUT2D eigenvalue weighted by atomic mass is 79.9. The van der Waals surface area contributed by atoms with Crippen molar-refractivity contribution < 1.29 is 4.79 Å². The van der Waals surface area contributed by atoms with Gasteiger partial charge < -0.3 is 10.2 Å². The smallest absolute Gasteiger partial charge is 0.229 e. The third-order valence-corrected chi connectivity index (χ3v) is 4.72. The molecule has 1 saturated heterocycles. The predicted molar refractivity (Wildman–Crippen MR) is 94.5 cm³/mol. The molecule has 1 fully saturated rings. The van der Waals surface area contributed by atoms with Gasteiger partial charge in [0.05, 0.1) is 17.3 Å². The lowest BCUT2D eigenvalue weighted by atomic mass is 9.97. The number of carbonyl (C=O) groups excluding carboxylic acids is 1. The zero-order chi connectivity index (χ0) is 16.2. The van der Waals surface area contributed by atoms with Crippen molar-refractivity contribution in [3.63, 3.8) is 0 Å². The highest BCUT2D eigenvalue weighted by molar-refractivity contribution is 9.10. The monoisotopic (exact) mass is 374 g/mol. The van der Waals surface area contributed by atoms with Crippen molar-refractivity contribution in [3.05, 3.63) is 46.6 Å². The fraction of sp³-hybridized carbons (Fsp3) is 0.353. The zero-order valence-electron chi connectivity index (χ0n) is 13.0. The standard InChI is InChI=1S/C17H19BrN4O/c1-12-8-9-16(21-20-12)22-10-4-5-13(11-22)17(23)19-15-7-3-2-6-14(15)18/h2-3,6-9,13H,4-5,10-11H2,1H3,(H,19,23). The van der Waals surface area contributed by atoms with Gasteiger partial charge in [-0.05, 0) is 60.0 Å². The SMILES string of the molecule is Cc1ccc(N2CCCC(C(=O)Nc3ccccc3Br)C2)nn1. The summed E-state index contributed by atoms with van der Waals surface area (Å²) in [5.74, 6) is 0.856. The van der Waals surface area contributed by atoms with Gasteiger partial charge >= 0.3 is 0 Å². The maximum atomic E-state index is 12.6. The van der Waals surface area contributed by atoms with E-state index in [4.69, 9.17) is 0 Å². The van der Waals surface area contributed by atoms with Crippen LogP contribution in [0.25, 0.3) is 0 Å². The Hall–Kier alpha value is -1.95. The molecule has 1 aromatic heterocycles. The van der Waals surface area contributed by atoms with Crippen molar-refractivity contribution in [3.8, 4) is 0 Å². The van der Waals surface area contributed by atoms with Crippen LogP contribution in [0.3, 0.4) is 0 Å². The van der Waals surface area contributed by atoms with Crippen molar-refractivity contribution in [2.45, 2.75) is 19.8 Å². The molecule has 0 radical (unpaired) electrons. The number of aromatic nitrogens is 2. The summed E-state index contributed by atoms with van der Waals surface area (Å²) in [5, 5.41) is 11.3. The summed E-state index contributed by atoms with van der Waals surface area (Å²) < 4.78 is 0.894. The summed E-state index contributed by atoms with van der Waals surface area (Å²) in [5.41, 5.74) is 1.71. The summed E-state index contributed by atoms with van der Waals surface area (Å²) in [6, 6.07) is 11.6. The topological polar surface area (TPSA) is 58.1 Å². The zero-order valence-corrected chi connectivity index (χ0v) is 14.6. The Kier molecular flexibility index (Phi) is 4.91. The fourth-order valence-corrected chi connectivity index (χ4v) is 3.14. The molecule has 1 aliphatic heterocycles. The lowest BCUT2D eigenvalue weighted by Gasteiger charge is -2.32. The van der Waals surface area contributed by atoms with E-state index in [1.807, 2.05) is 43.3 Å². The molecule has 1 atom stereocenters. The number of amides is 1. The third-order valence-electron chi connectivity index (χ3n) is 4.03. The van der Waals surface area contributed by atoms with Crippen LogP contribution in [0.4, 0.5) is 11.5 Å². The Bertz CT molecular complexity index is 689. The Morgan fingerprint density at radius 3 is 2.83 bits per heavy atom. The lowest BCUT2D eigenvalue weighted by Crippen LogP contribution is -2.41. The highest BCUT2D eigenvalue weighted by Crippen LogP contribution is 2.25. The van der Waals surface area contributed by atoms with Crippen molar-refractivity contribution in [1.29, 1.82) is 0 Å². The Labute approximate surface area is 144 Å². The largest absolute Gasteiger partial charge is 0.354 e. The van der Waals surface area contributed by atoms with Gasteiger partial charge in [-0.3, -0.25) is 4.79 Å². The molecule has 3 rings (SSSR count). The first-order valence-electron chi connectivity index (χ1n) is 7.74. The van der Waals surface area contributed by atoms with Crippen LogP contribution < -0.4 is 10.2 Å². The van der Waals surface area contributed by atoms with Gasteiger partial charge in [0, 0.05) is 17.6 Å². The molecule has 6 heteroatoms. The fourth-order valence-electron chi connectivity index (χ4n) is 2.76. The lowest BCUT2D eigenvalue weighted by molar-refractivity contribution is -0.120. The number of nitrogens with zero attached hydrogens (tertiary/aromatic N) is 3. The third kappa shape index (κ3) is 3.88. The second-order valence-corrected chi connectivity index (χ2v) is 6.64. The summed E-state index contributed by atoms with van der Waals surface area (Å²) >= 11 is 3.46. The first-order valence-corrected chi connectivity index (χ1v) is 8.53. The van der Waals surface area contributed by atoms with Crippen molar-refractivity contribution >= 4 is 33.3 Å². The number of aryl methyl sites for hydroxylation is 1. The maximum absolute atomic E-state index is 12.6. The summed E-state index contributed by atoms with van der Waals surface area (Å²) in [7, 11) is 0. The molecule has 2 heterocycles. The average molecular weight is 375 g/mol. The average Bonchev–Trinajstić information content (AvgIpc) is 2.58. The molecule has 0 aliphatic carbocycles. The van der Waals surface area contributed by atoms with Crippen LogP contribution in [-0.4, -0.2) is 29.2 Å². The van der Waals surface area contributed by atoms with Gasteiger partial charge in [-0.25, -0.2) is 0 Å². The first kappa shape index (κ1) is 15.9. The number of carbonyl (C=O) groups is 1. The molecule has 0 saturated carbocycles. The second-order valence-electron chi connectivity index (χ2n) is 5.79. The maximum Gasteiger partial charge on any atom is 0.229 e. The molecule has 0 spiro atoms. The van der Waals surface area contributed by atoms with Crippen molar-refractivity contribution in [1.82, 2.24) is 10.2 Å². The number of piperidine rings is 1. The number of halogens is 1. The minimum Gasteiger partial charge on any atom is -0.354 e. The Morgan fingerprint density at radius 2 is 2.09 bits per heavy atom. The number of para-hydroxylation sites is 1. The van der Waals surface area contributed by atoms with Gasteiger partial charge in [-0.2, -0.15) is 5.10 Å². The molecular formula is C17H19BrN4O. The second kappa shape index (κ2) is 7.08. The molecule has 23 heavy (non-hydrogen) atoms. The van der Waals surface area contributed by atoms with Gasteiger partial charge in [0.1, 0.15) is 0 Å². The van der Waals surface area contributed by atoms with Crippen molar-refractivity contribution in [2.24, 2.45) is 5.92 Å². The summed E-state index contributed by atoms with van der Waals surface area (Å²) in [6.45, 7) is 3.51. The van der Waals surface area contributed by atoms with Crippen LogP contribution in [0.15, 0.2) is 40.9 Å². The summed E-state index contributed by atoms with van der Waals surface area (Å²) in [6.07, 6.45) is 1.87. The molecule has 1 aromatic carbocycles. The number of rotatable bonds is 3. The molecule has 2 aromatic rings. The van der Waals surface area contributed by atoms with Crippen molar-refractivity contribution in [2.75, 3.05) is 23.3 Å². The molecule has 5 nitrogen and oxygen atoms in total. The highest BCUT2D eigenvalue weighted by Gasteiger charge is 2.27. The van der Waals surface area contributed by atoms with E-state index in [-0.39, 0.29) is 11.8 Å². The van der Waals surface area contributed by atoms with E-state index in [0.29, 0.717) is 6.54 Å². The molecule has 120 valence electrons. The molecule has 1 aliphatic rings. The summed E-state index contributed by atoms with van der Waals surface area (Å²) in [4.78, 5) is 14.7. The van der Waals surface area contributed by atoms with E-state index in [2.05, 4.69) is 36.3 Å². The number of hydrogen-bond donors (Lipinski definition) is 1. The van der Waals surface area contributed by atoms with Gasteiger partial charge in [0.25, 0.3) is 0 Å². The van der Waals surface area contributed by atoms with Crippen LogP contribution in [0, 0.1) is 12.8 Å². The Balaban J connectivity index is 1.67. The predicted octanol–water partition coefficient (Wildman–Crippen LogP) is 3.40. The van der Waals surface area contributed by atoms with Gasteiger partial charge in [0.2, 0.25) is 5.91 Å². The van der Waals surface area contributed by atoms with E-state index in [9.17, 15) is 4.79 Å². The Morgan fingerprint density at radius 1 is 1.26 bits per heavy atom. The van der Waals surface area contributed by atoms with Gasteiger partial charge in [0.15, 0.2) is 5.82 Å². The molecule has 1 amide bonds. The van der Waals surface area contributed by atoms with Crippen LogP contribution in [-0.2, 0) is 4.79 Å². The number of hydrogen-bond acceptors (Lipinski definition) is 4. The number of anilines is 2. The van der Waals surface area contributed by atoms with E-state index < -0.39 is 0 Å². The molecule has 0 bridgehead atoms. The van der Waals surface area contributed by atoms with Crippen LogP contribution in [0.5, 0.6) is 0 Å². The van der Waals surface area contributed by atoms with E-state index >= 15 is 0 Å². The van der Waals surface area contributed by atoms with Gasteiger partial charge in [-0.1, -0.05) is 12.1 Å². The van der Waals surface area contributed by atoms with E-state index in [0.717, 1.165) is 41.1 Å². The minimum atomic E-state index is -0.0426. The van der Waals surface area contributed by atoms with Crippen LogP contribution in [0.2, 0.25) is 0 Å². The number of benzene rings is 1. The van der Waals surface area contributed by atoms with Crippen LogP contribution >= 0.6 is 15.9 Å². The molecular weight excluding hydrogens is 356 g/mol. The quantitative estimate of drug-likeness (QED) is 0.894. The van der Waals surface area contributed by atoms with Gasteiger partial charge in [-0.15, -0.1) is 5.10 Å². The minimum absolute atomic E-state index is 0.0426. The molecule has 1 N–H and O–H groups in total. The van der Waals surface area contributed by atoms with E-state index in [1.165, 1.54) is 0 Å². The number of nitrogens with one attached hydrogen (secondary N) is 1.